The molecule has 1 aliphatic carbocycles. The molecule has 34 heavy (non-hydrogen) atoms. The van der Waals surface area contributed by atoms with Crippen LogP contribution in [0, 0.1) is 5.92 Å². The normalized spacial score (nSPS) is 28.1. The molecule has 1 aromatic heterocycles. The van der Waals surface area contributed by atoms with Crippen molar-refractivity contribution in [3.05, 3.63) is 59.8 Å². The van der Waals surface area contributed by atoms with Gasteiger partial charge >= 0.3 is 0 Å². The van der Waals surface area contributed by atoms with Gasteiger partial charge in [0.05, 0.1) is 22.9 Å². The Kier molecular flexibility index (Phi) is 6.39. The summed E-state index contributed by atoms with van der Waals surface area (Å²) in [6, 6.07) is 15.3. The van der Waals surface area contributed by atoms with Crippen LogP contribution in [0.3, 0.4) is 0 Å². The van der Waals surface area contributed by atoms with E-state index >= 15 is 0 Å². The van der Waals surface area contributed by atoms with Crippen molar-refractivity contribution in [3.63, 3.8) is 0 Å². The number of benzene rings is 2. The molecule has 2 atom stereocenters. The summed E-state index contributed by atoms with van der Waals surface area (Å²) in [5.74, 6) is -1.76. The molecule has 1 saturated heterocycles. The van der Waals surface area contributed by atoms with Gasteiger partial charge in [-0.15, -0.1) is 0 Å². The molecular formula is C26H30ClN3O4. The van der Waals surface area contributed by atoms with E-state index in [1.807, 2.05) is 55.5 Å². The van der Waals surface area contributed by atoms with E-state index in [-0.39, 0.29) is 12.0 Å². The summed E-state index contributed by atoms with van der Waals surface area (Å²) in [7, 11) is 0. The van der Waals surface area contributed by atoms with Crippen LogP contribution in [0.4, 0.5) is 17.1 Å². The third kappa shape index (κ3) is 4.46. The fourth-order valence-corrected chi connectivity index (χ4v) is 4.64. The van der Waals surface area contributed by atoms with E-state index < -0.39 is 11.6 Å². The third-order valence-corrected chi connectivity index (χ3v) is 7.15. The van der Waals surface area contributed by atoms with Gasteiger partial charge < -0.3 is 10.6 Å². The second kappa shape index (κ2) is 9.32. The van der Waals surface area contributed by atoms with Gasteiger partial charge in [0, 0.05) is 34.6 Å². The highest BCUT2D eigenvalue weighted by molar-refractivity contribution is 6.31. The summed E-state index contributed by atoms with van der Waals surface area (Å²) < 4.78 is 0. The summed E-state index contributed by atoms with van der Waals surface area (Å²) in [5.41, 5.74) is 3.54. The van der Waals surface area contributed by atoms with E-state index in [1.54, 1.807) is 13.1 Å². The molecule has 0 bridgehead atoms. The fraction of sp³-hybridized carbons (Fsp3) is 0.423. The molecule has 0 radical (unpaired) electrons. The number of rotatable bonds is 5. The Morgan fingerprint density at radius 3 is 2.53 bits per heavy atom. The lowest BCUT2D eigenvalue weighted by atomic mass is 9.85. The van der Waals surface area contributed by atoms with Crippen molar-refractivity contribution in [3.8, 4) is 0 Å². The van der Waals surface area contributed by atoms with Gasteiger partial charge in [0.15, 0.2) is 0 Å². The average molecular weight is 484 g/mol. The summed E-state index contributed by atoms with van der Waals surface area (Å²) in [6.45, 7) is 5.88. The molecule has 2 aliphatic rings. The average Bonchev–Trinajstić information content (AvgIpc) is 2.84. The lowest BCUT2D eigenvalue weighted by molar-refractivity contribution is -0.664. The molecule has 0 amide bonds. The molecular weight excluding hydrogens is 454 g/mol. The smallest absolute Gasteiger partial charge is 0.250 e. The van der Waals surface area contributed by atoms with E-state index in [0.29, 0.717) is 5.02 Å². The van der Waals surface area contributed by atoms with E-state index in [2.05, 4.69) is 22.5 Å². The highest BCUT2D eigenvalue weighted by Gasteiger charge is 2.52. The van der Waals surface area contributed by atoms with Gasteiger partial charge in [0.2, 0.25) is 5.79 Å². The number of nitrogens with one attached hydrogen (secondary N) is 2. The summed E-state index contributed by atoms with van der Waals surface area (Å²) in [4.78, 5) is 27.8. The molecule has 2 aromatic carbocycles. The molecule has 1 spiro atoms. The standard InChI is InChI=1S/C26H30ClN3O4/c1-17-8-6-7-14-26(17)33-31-25(3,32-34-26)18(2)29-22-9-4-5-10-23(22)30-21-13-15-28-24-16-19(27)11-12-20(21)24/h4-5,9-13,15-18,29H,6-8,14H2,1-3H3,(H,28,30). The minimum absolute atomic E-state index is 0.198. The molecule has 5 rings (SSSR count). The van der Waals surface area contributed by atoms with E-state index in [9.17, 15) is 0 Å². The lowest BCUT2D eigenvalue weighted by Gasteiger charge is -2.47. The number of pyridine rings is 1. The molecule has 2 unspecified atom stereocenters. The minimum atomic E-state index is -1.13. The van der Waals surface area contributed by atoms with Gasteiger partial charge in [0.1, 0.15) is 0 Å². The van der Waals surface area contributed by atoms with Crippen LogP contribution in [0.2, 0.25) is 5.02 Å². The van der Waals surface area contributed by atoms with Crippen LogP contribution in [-0.2, 0) is 19.6 Å². The predicted molar refractivity (Wildman–Crippen MR) is 133 cm³/mol. The van der Waals surface area contributed by atoms with Crippen molar-refractivity contribution >= 4 is 39.6 Å². The fourth-order valence-electron chi connectivity index (χ4n) is 4.47. The van der Waals surface area contributed by atoms with Crippen LogP contribution in [0.25, 0.3) is 10.9 Å². The second-order valence-corrected chi connectivity index (χ2v) is 9.80. The lowest BCUT2D eigenvalue weighted by Crippen LogP contribution is -2.58. The number of nitrogens with zero attached hydrogens (tertiary/aromatic N) is 1. The van der Waals surface area contributed by atoms with Crippen LogP contribution in [0.15, 0.2) is 54.7 Å². The van der Waals surface area contributed by atoms with E-state index in [0.717, 1.165) is 53.6 Å². The molecule has 180 valence electrons. The maximum atomic E-state index is 6.14. The van der Waals surface area contributed by atoms with Crippen LogP contribution < -0.4 is 10.6 Å². The number of para-hydroxylation sites is 2. The first-order valence-electron chi connectivity index (χ1n) is 11.8. The summed E-state index contributed by atoms with van der Waals surface area (Å²) >= 11 is 6.14. The Hall–Kier alpha value is -2.42. The largest absolute Gasteiger partial charge is 0.375 e. The molecule has 2 heterocycles. The quantitative estimate of drug-likeness (QED) is 0.380. The Morgan fingerprint density at radius 1 is 1.00 bits per heavy atom. The molecule has 3 aromatic rings. The second-order valence-electron chi connectivity index (χ2n) is 9.36. The number of hydrogen-bond acceptors (Lipinski definition) is 7. The Bertz CT molecular complexity index is 1170. The van der Waals surface area contributed by atoms with Crippen LogP contribution >= 0.6 is 11.6 Å². The zero-order chi connectivity index (χ0) is 23.8. The SMILES string of the molecule is CC(Nc1ccccc1Nc1ccnc2cc(Cl)ccc12)C1(C)OOC2(CCCCC2C)OO1. The molecule has 7 nitrogen and oxygen atoms in total. The number of aromatic nitrogens is 1. The topological polar surface area (TPSA) is 73.9 Å². The van der Waals surface area contributed by atoms with Gasteiger partial charge in [-0.05, 0) is 63.1 Å². The molecule has 8 heteroatoms. The van der Waals surface area contributed by atoms with Gasteiger partial charge in [-0.25, -0.2) is 0 Å². The highest BCUT2D eigenvalue weighted by Crippen LogP contribution is 2.43. The first kappa shape index (κ1) is 23.3. The Labute approximate surface area is 204 Å². The number of anilines is 3. The van der Waals surface area contributed by atoms with Gasteiger partial charge in [0.25, 0.3) is 5.79 Å². The Morgan fingerprint density at radius 2 is 1.76 bits per heavy atom. The van der Waals surface area contributed by atoms with Gasteiger partial charge in [-0.1, -0.05) is 37.1 Å². The molecule has 1 saturated carbocycles. The third-order valence-electron chi connectivity index (χ3n) is 6.92. The summed E-state index contributed by atoms with van der Waals surface area (Å²) in [5, 5.41) is 8.65. The summed E-state index contributed by atoms with van der Waals surface area (Å²) in [6.07, 6.45) is 5.72. The van der Waals surface area contributed by atoms with Crippen molar-refractivity contribution in [2.45, 2.75) is 64.1 Å². The van der Waals surface area contributed by atoms with Crippen molar-refractivity contribution in [1.29, 1.82) is 0 Å². The van der Waals surface area contributed by atoms with E-state index in [1.165, 1.54) is 0 Å². The van der Waals surface area contributed by atoms with Crippen LogP contribution in [-0.4, -0.2) is 22.6 Å². The number of fused-ring (bicyclic) bond motifs is 1. The van der Waals surface area contributed by atoms with Crippen molar-refractivity contribution < 1.29 is 19.6 Å². The number of halogens is 1. The molecule has 2 fully saturated rings. The number of hydrogen-bond donors (Lipinski definition) is 2. The minimum Gasteiger partial charge on any atom is -0.375 e. The van der Waals surface area contributed by atoms with Crippen molar-refractivity contribution in [2.24, 2.45) is 5.92 Å². The Balaban J connectivity index is 1.32. The van der Waals surface area contributed by atoms with Crippen LogP contribution in [0.1, 0.15) is 46.5 Å². The zero-order valence-electron chi connectivity index (χ0n) is 19.6. The van der Waals surface area contributed by atoms with Gasteiger partial charge in [-0.3, -0.25) is 4.98 Å². The highest BCUT2D eigenvalue weighted by atomic mass is 35.5. The van der Waals surface area contributed by atoms with E-state index in [4.69, 9.17) is 31.2 Å². The maximum absolute atomic E-state index is 6.14. The van der Waals surface area contributed by atoms with Crippen molar-refractivity contribution in [1.82, 2.24) is 4.98 Å². The van der Waals surface area contributed by atoms with Gasteiger partial charge in [-0.2, -0.15) is 19.6 Å². The maximum Gasteiger partial charge on any atom is 0.250 e. The molecule has 2 N–H and O–H groups in total. The van der Waals surface area contributed by atoms with Crippen molar-refractivity contribution in [2.75, 3.05) is 10.6 Å². The zero-order valence-corrected chi connectivity index (χ0v) is 20.4. The first-order chi connectivity index (χ1) is 16.4. The monoisotopic (exact) mass is 483 g/mol. The first-order valence-corrected chi connectivity index (χ1v) is 12.2. The predicted octanol–water partition coefficient (Wildman–Crippen LogP) is 6.96. The molecule has 1 aliphatic heterocycles. The van der Waals surface area contributed by atoms with Crippen LogP contribution in [0.5, 0.6) is 0 Å².